The number of allylic oxidation sites excluding steroid dienone is 1. The Kier molecular flexibility index (Phi) is 5.38. The van der Waals surface area contributed by atoms with E-state index in [1.165, 1.54) is 0 Å². The number of fused-ring (bicyclic) bond motifs is 1. The van der Waals surface area contributed by atoms with Crippen LogP contribution in [-0.2, 0) is 14.1 Å². The summed E-state index contributed by atoms with van der Waals surface area (Å²) in [6.45, 7) is 2.13. The molecular weight excluding hydrogens is 373 g/mol. The van der Waals surface area contributed by atoms with Gasteiger partial charge in [-0.1, -0.05) is 30.4 Å². The molecule has 0 amide bonds. The maximum absolute atomic E-state index is 14.1. The van der Waals surface area contributed by atoms with E-state index in [0.717, 1.165) is 17.5 Å². The van der Waals surface area contributed by atoms with Gasteiger partial charge in [0.25, 0.3) is 0 Å². The van der Waals surface area contributed by atoms with Gasteiger partial charge in [0.1, 0.15) is 17.5 Å². The van der Waals surface area contributed by atoms with E-state index in [9.17, 15) is 9.36 Å². The molecular formula is C22H24NO4P. The fraction of sp³-hybridized carbons (Fsp3) is 0.318. The van der Waals surface area contributed by atoms with Crippen LogP contribution in [0.15, 0.2) is 66.7 Å². The van der Waals surface area contributed by atoms with Gasteiger partial charge in [-0.2, -0.15) is 0 Å². The monoisotopic (exact) mass is 397 g/mol. The van der Waals surface area contributed by atoms with Crippen molar-refractivity contribution in [3.63, 3.8) is 0 Å². The first kappa shape index (κ1) is 19.0. The van der Waals surface area contributed by atoms with Gasteiger partial charge in [0.15, 0.2) is 7.29 Å². The highest BCUT2D eigenvalue weighted by molar-refractivity contribution is 7.69. The summed E-state index contributed by atoms with van der Waals surface area (Å²) >= 11 is 0. The van der Waals surface area contributed by atoms with Crippen molar-refractivity contribution in [3.05, 3.63) is 66.7 Å². The first-order valence-corrected chi connectivity index (χ1v) is 11.5. The van der Waals surface area contributed by atoms with Crippen LogP contribution in [-0.4, -0.2) is 35.5 Å². The normalized spacial score (nSPS) is 26.6. The molecule has 1 fully saturated rings. The number of ether oxygens (including phenoxy) is 2. The number of rotatable bonds is 5. The lowest BCUT2D eigenvalue weighted by Crippen LogP contribution is -2.43. The number of benzene rings is 2. The molecule has 2 aromatic carbocycles. The quantitative estimate of drug-likeness (QED) is 0.427. The van der Waals surface area contributed by atoms with E-state index in [-0.39, 0.29) is 12.0 Å². The fourth-order valence-electron chi connectivity index (χ4n) is 4.00. The molecule has 0 N–H and O–H groups in total. The molecule has 0 spiro atoms. The number of carbonyl (C=O) groups excluding carboxylic acids is 1. The van der Waals surface area contributed by atoms with Crippen molar-refractivity contribution in [2.45, 2.75) is 31.8 Å². The third-order valence-corrected chi connectivity index (χ3v) is 8.39. The molecule has 6 heteroatoms. The van der Waals surface area contributed by atoms with Gasteiger partial charge in [-0.05, 0) is 56.2 Å². The second-order valence-electron chi connectivity index (χ2n) is 7.01. The number of esters is 1. The number of nitrogens with zero attached hydrogens (tertiary/aromatic N) is 1. The Hall–Kier alpha value is -2.36. The number of hydrogen-bond acceptors (Lipinski definition) is 4. The van der Waals surface area contributed by atoms with Crippen molar-refractivity contribution in [3.8, 4) is 11.5 Å². The Morgan fingerprint density at radius 1 is 1.07 bits per heavy atom. The van der Waals surface area contributed by atoms with Crippen LogP contribution >= 0.6 is 7.29 Å². The summed E-state index contributed by atoms with van der Waals surface area (Å²) in [4.78, 5) is 12.4. The van der Waals surface area contributed by atoms with E-state index in [1.807, 2.05) is 65.3 Å². The highest BCUT2D eigenvalue weighted by Crippen LogP contribution is 2.57. The predicted octanol–water partition coefficient (Wildman–Crippen LogP) is 4.35. The molecule has 3 atom stereocenters. The van der Waals surface area contributed by atoms with Crippen molar-refractivity contribution in [2.24, 2.45) is 0 Å². The Balaban J connectivity index is 1.60. The molecule has 2 aliphatic rings. The standard InChI is InChI=1S/C22H24NO4P/c1-2-26-22(24)21-15-10-17-7-6-16-28(25,23(17)21)20-13-11-19(12-14-20)27-18-8-4-3-5-9-18/h3-9,11-14,17,21H,2,10,15-16H2,1H3. The lowest BCUT2D eigenvalue weighted by atomic mass is 10.2. The third-order valence-electron chi connectivity index (χ3n) is 5.26. The van der Waals surface area contributed by atoms with Crippen LogP contribution in [0.5, 0.6) is 11.5 Å². The second-order valence-corrected chi connectivity index (χ2v) is 9.76. The molecule has 0 bridgehead atoms. The van der Waals surface area contributed by atoms with Gasteiger partial charge in [0, 0.05) is 17.5 Å². The van der Waals surface area contributed by atoms with Crippen LogP contribution in [0.4, 0.5) is 0 Å². The van der Waals surface area contributed by atoms with Crippen molar-refractivity contribution in [2.75, 3.05) is 12.8 Å². The summed E-state index contributed by atoms with van der Waals surface area (Å²) < 4.78 is 27.1. The Bertz CT molecular complexity index is 910. The summed E-state index contributed by atoms with van der Waals surface area (Å²) in [6.07, 6.45) is 5.98. The van der Waals surface area contributed by atoms with E-state index < -0.39 is 13.3 Å². The summed E-state index contributed by atoms with van der Waals surface area (Å²) in [6, 6.07) is 16.5. The van der Waals surface area contributed by atoms with Gasteiger partial charge in [-0.25, -0.2) is 4.67 Å². The van der Waals surface area contributed by atoms with Crippen LogP contribution in [0.2, 0.25) is 0 Å². The first-order chi connectivity index (χ1) is 13.6. The van der Waals surface area contributed by atoms with E-state index in [4.69, 9.17) is 9.47 Å². The molecule has 1 saturated heterocycles. The average Bonchev–Trinajstić information content (AvgIpc) is 3.16. The molecule has 4 rings (SSSR count). The maximum Gasteiger partial charge on any atom is 0.323 e. The van der Waals surface area contributed by atoms with Crippen LogP contribution in [0, 0.1) is 0 Å². The van der Waals surface area contributed by atoms with Crippen molar-refractivity contribution in [1.29, 1.82) is 0 Å². The lowest BCUT2D eigenvalue weighted by molar-refractivity contribution is -0.147. The molecule has 0 radical (unpaired) electrons. The van der Waals surface area contributed by atoms with E-state index in [2.05, 4.69) is 6.08 Å². The van der Waals surface area contributed by atoms with Crippen molar-refractivity contribution >= 4 is 18.6 Å². The van der Waals surface area contributed by atoms with E-state index in [0.29, 0.717) is 24.9 Å². The average molecular weight is 397 g/mol. The maximum atomic E-state index is 14.1. The molecule has 146 valence electrons. The molecule has 2 aromatic rings. The minimum Gasteiger partial charge on any atom is -0.465 e. The van der Waals surface area contributed by atoms with Crippen LogP contribution in [0.25, 0.3) is 0 Å². The molecule has 3 unspecified atom stereocenters. The second kappa shape index (κ2) is 7.94. The zero-order chi connectivity index (χ0) is 19.6. The van der Waals surface area contributed by atoms with Gasteiger partial charge in [0.05, 0.1) is 6.61 Å². The Labute approximate surface area is 165 Å². The largest absolute Gasteiger partial charge is 0.465 e. The number of carbonyl (C=O) groups is 1. The minimum atomic E-state index is -2.92. The SMILES string of the molecule is CCOC(=O)C1CCC2C=CCP(=O)(c3ccc(Oc4ccccc4)cc3)N21. The molecule has 5 nitrogen and oxygen atoms in total. The Morgan fingerprint density at radius 3 is 2.50 bits per heavy atom. The molecule has 28 heavy (non-hydrogen) atoms. The van der Waals surface area contributed by atoms with Crippen molar-refractivity contribution < 1.29 is 18.8 Å². The van der Waals surface area contributed by atoms with Gasteiger partial charge in [-0.15, -0.1) is 0 Å². The zero-order valence-electron chi connectivity index (χ0n) is 15.9. The highest BCUT2D eigenvalue weighted by atomic mass is 31.2. The zero-order valence-corrected chi connectivity index (χ0v) is 16.8. The van der Waals surface area contributed by atoms with E-state index in [1.54, 1.807) is 6.92 Å². The van der Waals surface area contributed by atoms with Gasteiger partial charge in [0.2, 0.25) is 0 Å². The predicted molar refractivity (Wildman–Crippen MR) is 109 cm³/mol. The number of hydrogen-bond donors (Lipinski definition) is 0. The van der Waals surface area contributed by atoms with Gasteiger partial charge >= 0.3 is 5.97 Å². The third kappa shape index (κ3) is 3.52. The topological polar surface area (TPSA) is 55.8 Å². The molecule has 2 aliphatic heterocycles. The molecule has 0 aromatic heterocycles. The van der Waals surface area contributed by atoms with Gasteiger partial charge in [-0.3, -0.25) is 4.79 Å². The molecule has 0 aliphatic carbocycles. The summed E-state index contributed by atoms with van der Waals surface area (Å²) in [5, 5.41) is 0.749. The smallest absolute Gasteiger partial charge is 0.323 e. The summed E-state index contributed by atoms with van der Waals surface area (Å²) in [5.41, 5.74) is 0. The fourth-order valence-corrected chi connectivity index (χ4v) is 7.02. The molecule has 2 heterocycles. The Morgan fingerprint density at radius 2 is 1.79 bits per heavy atom. The van der Waals surface area contributed by atoms with Gasteiger partial charge < -0.3 is 14.0 Å². The van der Waals surface area contributed by atoms with Crippen LogP contribution in [0.3, 0.4) is 0 Å². The minimum absolute atomic E-state index is 0.0224. The summed E-state index contributed by atoms with van der Waals surface area (Å²) in [7, 11) is -2.92. The molecule has 0 saturated carbocycles. The lowest BCUT2D eigenvalue weighted by Gasteiger charge is -2.37. The first-order valence-electron chi connectivity index (χ1n) is 9.66. The van der Waals surface area contributed by atoms with Crippen LogP contribution < -0.4 is 10.0 Å². The van der Waals surface area contributed by atoms with Crippen molar-refractivity contribution in [1.82, 2.24) is 4.67 Å². The summed E-state index contributed by atoms with van der Waals surface area (Å²) in [5.74, 6) is 1.17. The van der Waals surface area contributed by atoms with Crippen LogP contribution in [0.1, 0.15) is 19.8 Å². The highest BCUT2D eigenvalue weighted by Gasteiger charge is 2.49. The van der Waals surface area contributed by atoms with E-state index >= 15 is 0 Å². The number of para-hydroxylation sites is 1.